The van der Waals surface area contributed by atoms with Gasteiger partial charge in [-0.25, -0.2) is 0 Å². The van der Waals surface area contributed by atoms with Gasteiger partial charge in [0.1, 0.15) is 0 Å². The van der Waals surface area contributed by atoms with Crippen LogP contribution in [-0.2, 0) is 17.6 Å². The molecule has 1 aromatic rings. The van der Waals surface area contributed by atoms with Crippen LogP contribution in [0.1, 0.15) is 25.0 Å². The standard InChI is InChI=1S/C15H24N2O/c1-3-12-6-5-7-13(4-2)15(12)17-8-9-18-14(10-16)11-17/h5-7,14H,3-4,8-11,16H2,1-2H3. The predicted octanol–water partition coefficient (Wildman–Crippen LogP) is 1.98. The molecule has 2 N–H and O–H groups in total. The number of hydrogen-bond acceptors (Lipinski definition) is 3. The molecule has 0 saturated carbocycles. The highest BCUT2D eigenvalue weighted by Gasteiger charge is 2.22. The number of hydrogen-bond donors (Lipinski definition) is 1. The fourth-order valence-electron chi connectivity index (χ4n) is 2.69. The predicted molar refractivity (Wildman–Crippen MR) is 76.2 cm³/mol. The summed E-state index contributed by atoms with van der Waals surface area (Å²) in [4.78, 5) is 2.46. The highest BCUT2D eigenvalue weighted by atomic mass is 16.5. The second-order valence-corrected chi connectivity index (χ2v) is 4.81. The van der Waals surface area contributed by atoms with Crippen molar-refractivity contribution in [2.24, 2.45) is 5.73 Å². The number of morpholine rings is 1. The molecular weight excluding hydrogens is 224 g/mol. The van der Waals surface area contributed by atoms with E-state index < -0.39 is 0 Å². The van der Waals surface area contributed by atoms with Crippen LogP contribution < -0.4 is 10.6 Å². The fraction of sp³-hybridized carbons (Fsp3) is 0.600. The molecule has 1 aliphatic heterocycles. The van der Waals surface area contributed by atoms with Gasteiger partial charge in [0.2, 0.25) is 0 Å². The maximum atomic E-state index is 5.73. The average Bonchev–Trinajstić information content (AvgIpc) is 2.46. The number of rotatable bonds is 4. The molecule has 1 unspecified atom stereocenters. The summed E-state index contributed by atoms with van der Waals surface area (Å²) in [6, 6.07) is 6.64. The van der Waals surface area contributed by atoms with Crippen LogP contribution in [0.25, 0.3) is 0 Å². The molecule has 100 valence electrons. The molecule has 0 amide bonds. The topological polar surface area (TPSA) is 38.5 Å². The van der Waals surface area contributed by atoms with E-state index in [-0.39, 0.29) is 6.10 Å². The highest BCUT2D eigenvalue weighted by Crippen LogP contribution is 2.28. The third-order valence-corrected chi connectivity index (χ3v) is 3.68. The molecule has 1 aromatic carbocycles. The van der Waals surface area contributed by atoms with Crippen molar-refractivity contribution in [1.82, 2.24) is 0 Å². The van der Waals surface area contributed by atoms with Gasteiger partial charge in [-0.05, 0) is 24.0 Å². The fourth-order valence-corrected chi connectivity index (χ4v) is 2.69. The van der Waals surface area contributed by atoms with Crippen molar-refractivity contribution in [2.75, 3.05) is 31.1 Å². The molecule has 0 radical (unpaired) electrons. The van der Waals surface area contributed by atoms with Gasteiger partial charge in [-0.1, -0.05) is 32.0 Å². The van der Waals surface area contributed by atoms with E-state index in [0.29, 0.717) is 6.54 Å². The summed E-state index contributed by atoms with van der Waals surface area (Å²) in [5, 5.41) is 0. The van der Waals surface area contributed by atoms with Gasteiger partial charge in [-0.2, -0.15) is 0 Å². The maximum absolute atomic E-state index is 5.73. The molecule has 2 rings (SSSR count). The number of benzene rings is 1. The first-order valence-electron chi connectivity index (χ1n) is 6.97. The van der Waals surface area contributed by atoms with Gasteiger partial charge < -0.3 is 15.4 Å². The Hall–Kier alpha value is -1.06. The SMILES string of the molecule is CCc1cccc(CC)c1N1CCOC(CN)C1. The van der Waals surface area contributed by atoms with E-state index in [1.54, 1.807) is 0 Å². The lowest BCUT2D eigenvalue weighted by molar-refractivity contribution is 0.0465. The van der Waals surface area contributed by atoms with Crippen LogP contribution in [-0.4, -0.2) is 32.3 Å². The first-order valence-corrected chi connectivity index (χ1v) is 6.97. The Morgan fingerprint density at radius 1 is 1.28 bits per heavy atom. The van der Waals surface area contributed by atoms with E-state index in [9.17, 15) is 0 Å². The van der Waals surface area contributed by atoms with E-state index in [1.807, 2.05) is 0 Å². The average molecular weight is 248 g/mol. The summed E-state index contributed by atoms with van der Waals surface area (Å²) in [5.41, 5.74) is 10.0. The van der Waals surface area contributed by atoms with Crippen LogP contribution in [0.3, 0.4) is 0 Å². The monoisotopic (exact) mass is 248 g/mol. The van der Waals surface area contributed by atoms with Gasteiger partial charge >= 0.3 is 0 Å². The lowest BCUT2D eigenvalue weighted by Gasteiger charge is -2.36. The minimum atomic E-state index is 0.174. The van der Waals surface area contributed by atoms with Gasteiger partial charge in [-0.15, -0.1) is 0 Å². The Labute approximate surface area is 110 Å². The van der Waals surface area contributed by atoms with Crippen molar-refractivity contribution in [2.45, 2.75) is 32.8 Å². The van der Waals surface area contributed by atoms with Crippen molar-refractivity contribution in [3.05, 3.63) is 29.3 Å². The van der Waals surface area contributed by atoms with Crippen LogP contribution in [0.4, 0.5) is 5.69 Å². The van der Waals surface area contributed by atoms with E-state index in [4.69, 9.17) is 10.5 Å². The minimum Gasteiger partial charge on any atom is -0.373 e. The quantitative estimate of drug-likeness (QED) is 0.885. The Kier molecular flexibility index (Phi) is 4.61. The number of ether oxygens (including phenoxy) is 1. The molecule has 1 saturated heterocycles. The summed E-state index contributed by atoms with van der Waals surface area (Å²) in [5.74, 6) is 0. The maximum Gasteiger partial charge on any atom is 0.0872 e. The van der Waals surface area contributed by atoms with Crippen LogP contribution in [0.2, 0.25) is 0 Å². The van der Waals surface area contributed by atoms with Gasteiger partial charge in [0, 0.05) is 25.3 Å². The first kappa shape index (κ1) is 13.4. The molecular formula is C15H24N2O. The second-order valence-electron chi connectivity index (χ2n) is 4.81. The van der Waals surface area contributed by atoms with Crippen LogP contribution in [0, 0.1) is 0 Å². The van der Waals surface area contributed by atoms with Crippen molar-refractivity contribution < 1.29 is 4.74 Å². The summed E-state index contributed by atoms with van der Waals surface area (Å²) in [6.45, 7) is 7.72. The van der Waals surface area contributed by atoms with Crippen molar-refractivity contribution in [3.8, 4) is 0 Å². The smallest absolute Gasteiger partial charge is 0.0872 e. The lowest BCUT2D eigenvalue weighted by Crippen LogP contribution is -2.46. The minimum absolute atomic E-state index is 0.174. The summed E-state index contributed by atoms with van der Waals surface area (Å²) < 4.78 is 5.66. The van der Waals surface area contributed by atoms with Gasteiger partial charge in [0.25, 0.3) is 0 Å². The van der Waals surface area contributed by atoms with E-state index in [2.05, 4.69) is 36.9 Å². The van der Waals surface area contributed by atoms with Crippen molar-refractivity contribution in [1.29, 1.82) is 0 Å². The third-order valence-electron chi connectivity index (χ3n) is 3.68. The zero-order valence-corrected chi connectivity index (χ0v) is 11.5. The number of anilines is 1. The number of para-hydroxylation sites is 1. The Balaban J connectivity index is 2.30. The van der Waals surface area contributed by atoms with Crippen molar-refractivity contribution >= 4 is 5.69 Å². The molecule has 1 fully saturated rings. The molecule has 0 spiro atoms. The number of nitrogens with zero attached hydrogens (tertiary/aromatic N) is 1. The highest BCUT2D eigenvalue weighted by molar-refractivity contribution is 5.60. The van der Waals surface area contributed by atoms with Crippen molar-refractivity contribution in [3.63, 3.8) is 0 Å². The van der Waals surface area contributed by atoms with Crippen LogP contribution in [0.5, 0.6) is 0 Å². The van der Waals surface area contributed by atoms with Gasteiger partial charge in [0.05, 0.1) is 12.7 Å². The third kappa shape index (κ3) is 2.68. The zero-order chi connectivity index (χ0) is 13.0. The molecule has 3 nitrogen and oxygen atoms in total. The van der Waals surface area contributed by atoms with E-state index in [0.717, 1.165) is 32.5 Å². The Morgan fingerprint density at radius 2 is 1.94 bits per heavy atom. The number of aryl methyl sites for hydroxylation is 2. The largest absolute Gasteiger partial charge is 0.373 e. The van der Waals surface area contributed by atoms with Crippen LogP contribution in [0.15, 0.2) is 18.2 Å². The summed E-state index contributed by atoms with van der Waals surface area (Å²) >= 11 is 0. The van der Waals surface area contributed by atoms with Gasteiger partial charge in [-0.3, -0.25) is 0 Å². The molecule has 0 aromatic heterocycles. The summed E-state index contributed by atoms with van der Waals surface area (Å²) in [6.07, 6.45) is 2.33. The second kappa shape index (κ2) is 6.21. The summed E-state index contributed by atoms with van der Waals surface area (Å²) in [7, 11) is 0. The molecule has 1 heterocycles. The molecule has 3 heteroatoms. The van der Waals surface area contributed by atoms with Crippen LogP contribution >= 0.6 is 0 Å². The Bertz CT molecular complexity index is 370. The molecule has 0 aliphatic carbocycles. The van der Waals surface area contributed by atoms with E-state index >= 15 is 0 Å². The lowest BCUT2D eigenvalue weighted by atomic mass is 10.0. The Morgan fingerprint density at radius 3 is 2.50 bits per heavy atom. The normalized spacial score (nSPS) is 20.2. The molecule has 1 aliphatic rings. The molecule has 18 heavy (non-hydrogen) atoms. The van der Waals surface area contributed by atoms with E-state index in [1.165, 1.54) is 16.8 Å². The van der Waals surface area contributed by atoms with Gasteiger partial charge in [0.15, 0.2) is 0 Å². The molecule has 0 bridgehead atoms. The first-order chi connectivity index (χ1) is 8.80. The number of nitrogens with two attached hydrogens (primary N) is 1. The molecule has 1 atom stereocenters. The zero-order valence-electron chi connectivity index (χ0n) is 11.5.